The molecule has 0 spiro atoms. The van der Waals surface area contributed by atoms with E-state index in [2.05, 4.69) is 16.0 Å². The number of hydrogen-bond acceptors (Lipinski definition) is 4. The van der Waals surface area contributed by atoms with Crippen molar-refractivity contribution in [2.24, 2.45) is 5.73 Å². The van der Waals surface area contributed by atoms with E-state index in [1.165, 1.54) is 0 Å². The molecule has 0 radical (unpaired) electrons. The van der Waals surface area contributed by atoms with Gasteiger partial charge in [0.15, 0.2) is 0 Å². The van der Waals surface area contributed by atoms with Gasteiger partial charge in [-0.2, -0.15) is 0 Å². The molecule has 1 unspecified atom stereocenters. The van der Waals surface area contributed by atoms with Crippen LogP contribution < -0.4 is 21.7 Å². The van der Waals surface area contributed by atoms with Crippen LogP contribution in [0.3, 0.4) is 0 Å². The predicted octanol–water partition coefficient (Wildman–Crippen LogP) is -1.24. The molecule has 0 aromatic rings. The Morgan fingerprint density at radius 2 is 1.95 bits per heavy atom. The Bertz CT molecular complexity index is 342. The van der Waals surface area contributed by atoms with E-state index in [1.54, 1.807) is 0 Å². The van der Waals surface area contributed by atoms with Gasteiger partial charge in [0, 0.05) is 12.5 Å². The molecule has 108 valence electrons. The van der Waals surface area contributed by atoms with E-state index in [0.717, 1.165) is 25.9 Å². The number of carboxylic acids is 1. The van der Waals surface area contributed by atoms with E-state index in [0.29, 0.717) is 0 Å². The summed E-state index contributed by atoms with van der Waals surface area (Å²) in [6.07, 6.45) is 1.54. The van der Waals surface area contributed by atoms with Gasteiger partial charge < -0.3 is 26.8 Å². The molecule has 0 aliphatic carbocycles. The molecule has 1 heterocycles. The standard InChI is InChI=1S/C11H20N4O4/c12-9(16)2-1-8(10(17)18)15-11(19)14-7-3-5-13-6-4-7/h7-8,13H,1-6H2,(H2,12,16)(H,17,18)(H2,14,15,19). The van der Waals surface area contributed by atoms with Gasteiger partial charge in [-0.15, -0.1) is 0 Å². The van der Waals surface area contributed by atoms with Gasteiger partial charge in [0.1, 0.15) is 6.04 Å². The molecular weight excluding hydrogens is 252 g/mol. The number of aliphatic carboxylic acids is 1. The van der Waals surface area contributed by atoms with E-state index in [-0.39, 0.29) is 18.9 Å². The van der Waals surface area contributed by atoms with Crippen LogP contribution in [0.25, 0.3) is 0 Å². The van der Waals surface area contributed by atoms with Crippen LogP contribution in [0, 0.1) is 0 Å². The van der Waals surface area contributed by atoms with Crippen molar-refractivity contribution in [3.8, 4) is 0 Å². The second-order valence-electron chi connectivity index (χ2n) is 4.54. The van der Waals surface area contributed by atoms with Gasteiger partial charge in [-0.1, -0.05) is 0 Å². The van der Waals surface area contributed by atoms with Gasteiger partial charge in [0.2, 0.25) is 5.91 Å². The highest BCUT2D eigenvalue weighted by molar-refractivity contribution is 5.83. The molecule has 0 aromatic heterocycles. The molecule has 6 N–H and O–H groups in total. The topological polar surface area (TPSA) is 134 Å². The molecule has 1 fully saturated rings. The number of hydrogen-bond donors (Lipinski definition) is 5. The molecule has 1 aliphatic rings. The van der Waals surface area contributed by atoms with E-state index in [1.807, 2.05) is 0 Å². The van der Waals surface area contributed by atoms with Crippen molar-refractivity contribution in [1.29, 1.82) is 0 Å². The van der Waals surface area contributed by atoms with Crippen LogP contribution in [0.5, 0.6) is 0 Å². The number of carbonyl (C=O) groups is 3. The summed E-state index contributed by atoms with van der Waals surface area (Å²) in [5.74, 6) is -1.77. The lowest BCUT2D eigenvalue weighted by Crippen LogP contribution is -2.51. The Morgan fingerprint density at radius 1 is 1.32 bits per heavy atom. The lowest BCUT2D eigenvalue weighted by Gasteiger charge is -2.24. The first kappa shape index (κ1) is 15.2. The normalized spacial score (nSPS) is 17.5. The van der Waals surface area contributed by atoms with Gasteiger partial charge in [0.25, 0.3) is 0 Å². The number of carboxylic acid groups (broad SMARTS) is 1. The van der Waals surface area contributed by atoms with E-state index in [4.69, 9.17) is 10.8 Å². The molecule has 19 heavy (non-hydrogen) atoms. The van der Waals surface area contributed by atoms with Crippen LogP contribution in [-0.2, 0) is 9.59 Å². The van der Waals surface area contributed by atoms with E-state index < -0.39 is 23.9 Å². The second kappa shape index (κ2) is 7.57. The first-order chi connectivity index (χ1) is 8.99. The Labute approximate surface area is 111 Å². The summed E-state index contributed by atoms with van der Waals surface area (Å²) in [5, 5.41) is 17.2. The van der Waals surface area contributed by atoms with Crippen molar-refractivity contribution >= 4 is 17.9 Å². The van der Waals surface area contributed by atoms with Crippen molar-refractivity contribution in [2.45, 2.75) is 37.8 Å². The molecular formula is C11H20N4O4. The molecule has 8 heteroatoms. The van der Waals surface area contributed by atoms with Gasteiger partial charge in [-0.25, -0.2) is 9.59 Å². The van der Waals surface area contributed by atoms with Gasteiger partial charge in [-0.3, -0.25) is 4.79 Å². The summed E-state index contributed by atoms with van der Waals surface area (Å²) in [5.41, 5.74) is 4.95. The highest BCUT2D eigenvalue weighted by Crippen LogP contribution is 2.02. The molecule has 0 saturated carbocycles. The maximum absolute atomic E-state index is 11.6. The van der Waals surface area contributed by atoms with Crippen molar-refractivity contribution < 1.29 is 19.5 Å². The fraction of sp³-hybridized carbons (Fsp3) is 0.727. The number of primary amides is 1. The van der Waals surface area contributed by atoms with Gasteiger partial charge in [-0.05, 0) is 32.4 Å². The highest BCUT2D eigenvalue weighted by Gasteiger charge is 2.22. The number of nitrogens with two attached hydrogens (primary N) is 1. The number of nitrogens with one attached hydrogen (secondary N) is 3. The summed E-state index contributed by atoms with van der Waals surface area (Å²) < 4.78 is 0. The summed E-state index contributed by atoms with van der Waals surface area (Å²) in [6.45, 7) is 1.66. The quantitative estimate of drug-likeness (QED) is 0.412. The highest BCUT2D eigenvalue weighted by atomic mass is 16.4. The monoisotopic (exact) mass is 272 g/mol. The molecule has 1 rings (SSSR count). The largest absolute Gasteiger partial charge is 0.480 e. The van der Waals surface area contributed by atoms with Crippen LogP contribution in [0.1, 0.15) is 25.7 Å². The third-order valence-corrected chi connectivity index (χ3v) is 2.96. The fourth-order valence-electron chi connectivity index (χ4n) is 1.90. The van der Waals surface area contributed by atoms with E-state index >= 15 is 0 Å². The summed E-state index contributed by atoms with van der Waals surface area (Å²) in [6, 6.07) is -1.58. The molecule has 1 aliphatic heterocycles. The van der Waals surface area contributed by atoms with Gasteiger partial charge in [0.05, 0.1) is 0 Å². The Balaban J connectivity index is 2.37. The average molecular weight is 272 g/mol. The summed E-state index contributed by atoms with van der Waals surface area (Å²) in [4.78, 5) is 33.2. The van der Waals surface area contributed by atoms with Crippen LogP contribution in [0.15, 0.2) is 0 Å². The molecule has 1 atom stereocenters. The summed E-state index contributed by atoms with van der Waals surface area (Å²) >= 11 is 0. The zero-order chi connectivity index (χ0) is 14.3. The van der Waals surface area contributed by atoms with Crippen LogP contribution in [0.2, 0.25) is 0 Å². The third-order valence-electron chi connectivity index (χ3n) is 2.96. The number of amides is 3. The van der Waals surface area contributed by atoms with Crippen LogP contribution in [-0.4, -0.2) is 48.2 Å². The van der Waals surface area contributed by atoms with Crippen LogP contribution >= 0.6 is 0 Å². The van der Waals surface area contributed by atoms with Crippen molar-refractivity contribution in [1.82, 2.24) is 16.0 Å². The first-order valence-electron chi connectivity index (χ1n) is 6.28. The van der Waals surface area contributed by atoms with Crippen LogP contribution in [0.4, 0.5) is 4.79 Å². The predicted molar refractivity (Wildman–Crippen MR) is 67.4 cm³/mol. The minimum atomic E-state index is -1.18. The number of carbonyl (C=O) groups excluding carboxylic acids is 2. The fourth-order valence-corrected chi connectivity index (χ4v) is 1.90. The Hall–Kier alpha value is -1.83. The smallest absolute Gasteiger partial charge is 0.326 e. The number of piperidine rings is 1. The Morgan fingerprint density at radius 3 is 2.47 bits per heavy atom. The first-order valence-corrected chi connectivity index (χ1v) is 6.28. The number of urea groups is 1. The maximum Gasteiger partial charge on any atom is 0.326 e. The van der Waals surface area contributed by atoms with E-state index in [9.17, 15) is 14.4 Å². The second-order valence-corrected chi connectivity index (χ2v) is 4.54. The molecule has 1 saturated heterocycles. The molecule has 3 amide bonds. The Kier molecular flexibility index (Phi) is 6.07. The molecule has 0 bridgehead atoms. The SMILES string of the molecule is NC(=O)CCC(NC(=O)NC1CCNCC1)C(=O)O. The summed E-state index contributed by atoms with van der Waals surface area (Å²) in [7, 11) is 0. The zero-order valence-corrected chi connectivity index (χ0v) is 10.6. The maximum atomic E-state index is 11.6. The molecule has 0 aromatic carbocycles. The number of rotatable bonds is 6. The van der Waals surface area contributed by atoms with Crippen molar-refractivity contribution in [2.75, 3.05) is 13.1 Å². The minimum Gasteiger partial charge on any atom is -0.480 e. The van der Waals surface area contributed by atoms with Gasteiger partial charge >= 0.3 is 12.0 Å². The van der Waals surface area contributed by atoms with Crippen molar-refractivity contribution in [3.63, 3.8) is 0 Å². The lowest BCUT2D eigenvalue weighted by atomic mass is 10.1. The third kappa shape index (κ3) is 6.05. The average Bonchev–Trinajstić information content (AvgIpc) is 2.35. The van der Waals surface area contributed by atoms with Crippen molar-refractivity contribution in [3.05, 3.63) is 0 Å². The lowest BCUT2D eigenvalue weighted by molar-refractivity contribution is -0.139. The zero-order valence-electron chi connectivity index (χ0n) is 10.6. The minimum absolute atomic E-state index is 0.00961. The molecule has 8 nitrogen and oxygen atoms in total.